The number of aryl methyl sites for hydroxylation is 3. The van der Waals surface area contributed by atoms with Crippen LogP contribution in [0.3, 0.4) is 0 Å². The van der Waals surface area contributed by atoms with Gasteiger partial charge in [0.2, 0.25) is 11.7 Å². The number of pyridine rings is 1. The monoisotopic (exact) mass is 464 g/mol. The maximum absolute atomic E-state index is 12.0. The first-order valence-electron chi connectivity index (χ1n) is 11.9. The van der Waals surface area contributed by atoms with Crippen molar-refractivity contribution >= 4 is 11.7 Å². The number of benzene rings is 1. The van der Waals surface area contributed by atoms with Crippen LogP contribution in [-0.4, -0.2) is 47.2 Å². The number of aromatic nitrogens is 3. The number of anilines is 1. The van der Waals surface area contributed by atoms with E-state index < -0.39 is 0 Å². The molecule has 182 valence electrons. The van der Waals surface area contributed by atoms with Gasteiger partial charge in [0.25, 0.3) is 5.89 Å². The van der Waals surface area contributed by atoms with Crippen LogP contribution in [0.1, 0.15) is 49.6 Å². The Bertz CT molecular complexity index is 1140. The minimum absolute atomic E-state index is 0.0221. The molecule has 0 atom stereocenters. The Hall–Kier alpha value is -3.26. The molecule has 8 nitrogen and oxygen atoms in total. The molecule has 0 aliphatic heterocycles. The SMILES string of the molecule is CCc1cc(-c2noc(-c3cc(C)nc(N(C)C(C)C)c3)n2)cc(C)c1CCC(=O)NCCN. The highest BCUT2D eigenvalue weighted by Crippen LogP contribution is 2.29. The highest BCUT2D eigenvalue weighted by atomic mass is 16.5. The molecular formula is C26H36N6O2. The summed E-state index contributed by atoms with van der Waals surface area (Å²) < 4.78 is 5.64. The Morgan fingerprint density at radius 1 is 1.15 bits per heavy atom. The molecule has 1 amide bonds. The van der Waals surface area contributed by atoms with E-state index in [1.807, 2.05) is 26.1 Å². The summed E-state index contributed by atoms with van der Waals surface area (Å²) in [6, 6.07) is 8.42. The molecule has 0 aliphatic rings. The zero-order valence-corrected chi connectivity index (χ0v) is 21.1. The summed E-state index contributed by atoms with van der Waals surface area (Å²) in [5.74, 6) is 1.91. The number of nitrogens with zero attached hydrogens (tertiary/aromatic N) is 4. The molecule has 0 aliphatic carbocycles. The summed E-state index contributed by atoms with van der Waals surface area (Å²) in [5.41, 5.74) is 11.6. The van der Waals surface area contributed by atoms with E-state index in [9.17, 15) is 4.79 Å². The predicted molar refractivity (Wildman–Crippen MR) is 136 cm³/mol. The predicted octanol–water partition coefficient (Wildman–Crippen LogP) is 3.83. The van der Waals surface area contributed by atoms with Crippen molar-refractivity contribution in [3.8, 4) is 22.8 Å². The van der Waals surface area contributed by atoms with E-state index >= 15 is 0 Å². The van der Waals surface area contributed by atoms with E-state index in [0.29, 0.717) is 43.7 Å². The van der Waals surface area contributed by atoms with Crippen molar-refractivity contribution in [1.29, 1.82) is 0 Å². The maximum atomic E-state index is 12.0. The second-order valence-electron chi connectivity index (χ2n) is 8.91. The summed E-state index contributed by atoms with van der Waals surface area (Å²) in [6.45, 7) is 11.3. The van der Waals surface area contributed by atoms with Gasteiger partial charge >= 0.3 is 0 Å². The molecule has 0 radical (unpaired) electrons. The van der Waals surface area contributed by atoms with Gasteiger partial charge in [-0.05, 0) is 81.5 Å². The molecule has 1 aromatic carbocycles. The van der Waals surface area contributed by atoms with Gasteiger partial charge in [0.15, 0.2) is 0 Å². The molecule has 2 heterocycles. The molecule has 0 spiro atoms. The Kier molecular flexibility index (Phi) is 8.39. The van der Waals surface area contributed by atoms with E-state index in [1.54, 1.807) is 0 Å². The topological polar surface area (TPSA) is 110 Å². The summed E-state index contributed by atoms with van der Waals surface area (Å²) in [5, 5.41) is 7.09. The Labute approximate surface area is 202 Å². The van der Waals surface area contributed by atoms with Crippen molar-refractivity contribution in [2.45, 2.75) is 59.9 Å². The standard InChI is InChI=1S/C26H36N6O2/c1-7-19-14-20(12-17(4)22(19)8-9-24(33)28-11-10-27)25-30-26(34-31-25)21-13-18(5)29-23(15-21)32(6)16(2)3/h12-16H,7-11,27H2,1-6H3,(H,28,33). The molecule has 0 bridgehead atoms. The number of amides is 1. The van der Waals surface area contributed by atoms with Crippen LogP contribution in [0.25, 0.3) is 22.8 Å². The van der Waals surface area contributed by atoms with Gasteiger partial charge in [-0.2, -0.15) is 4.98 Å². The van der Waals surface area contributed by atoms with Gasteiger partial charge < -0.3 is 20.5 Å². The summed E-state index contributed by atoms with van der Waals surface area (Å²) in [4.78, 5) is 23.5. The van der Waals surface area contributed by atoms with Gasteiger partial charge in [0.1, 0.15) is 5.82 Å². The number of rotatable bonds is 10. The van der Waals surface area contributed by atoms with E-state index in [1.165, 1.54) is 11.1 Å². The number of nitrogens with one attached hydrogen (secondary N) is 1. The Morgan fingerprint density at radius 2 is 1.91 bits per heavy atom. The number of carbonyl (C=O) groups is 1. The fraction of sp³-hybridized carbons (Fsp3) is 0.462. The van der Waals surface area contributed by atoms with Gasteiger partial charge in [-0.1, -0.05) is 12.1 Å². The number of carbonyl (C=O) groups excluding carboxylic acids is 1. The van der Waals surface area contributed by atoms with Crippen molar-refractivity contribution in [2.75, 3.05) is 25.0 Å². The normalized spacial score (nSPS) is 11.2. The fourth-order valence-corrected chi connectivity index (χ4v) is 3.91. The van der Waals surface area contributed by atoms with E-state index in [-0.39, 0.29) is 5.91 Å². The van der Waals surface area contributed by atoms with Crippen LogP contribution < -0.4 is 16.0 Å². The van der Waals surface area contributed by atoms with Crippen molar-refractivity contribution < 1.29 is 9.32 Å². The maximum Gasteiger partial charge on any atom is 0.258 e. The van der Waals surface area contributed by atoms with E-state index in [4.69, 9.17) is 15.2 Å². The first-order valence-corrected chi connectivity index (χ1v) is 11.9. The van der Waals surface area contributed by atoms with Crippen LogP contribution in [0.15, 0.2) is 28.8 Å². The molecule has 0 saturated heterocycles. The average Bonchev–Trinajstić information content (AvgIpc) is 3.31. The Morgan fingerprint density at radius 3 is 2.59 bits per heavy atom. The smallest absolute Gasteiger partial charge is 0.258 e. The minimum Gasteiger partial charge on any atom is -0.357 e. The molecule has 3 rings (SSSR count). The zero-order valence-electron chi connectivity index (χ0n) is 21.1. The lowest BCUT2D eigenvalue weighted by atomic mass is 9.93. The lowest BCUT2D eigenvalue weighted by Gasteiger charge is -2.23. The third-order valence-corrected chi connectivity index (χ3v) is 6.02. The number of hydrogen-bond acceptors (Lipinski definition) is 7. The number of nitrogens with two attached hydrogens (primary N) is 1. The van der Waals surface area contributed by atoms with Crippen LogP contribution in [-0.2, 0) is 17.6 Å². The van der Waals surface area contributed by atoms with Crippen molar-refractivity contribution in [2.24, 2.45) is 5.73 Å². The molecule has 3 N–H and O–H groups in total. The highest BCUT2D eigenvalue weighted by molar-refractivity contribution is 5.76. The van der Waals surface area contributed by atoms with Crippen LogP contribution in [0.4, 0.5) is 5.82 Å². The second kappa shape index (κ2) is 11.2. The fourth-order valence-electron chi connectivity index (χ4n) is 3.91. The second-order valence-corrected chi connectivity index (χ2v) is 8.91. The zero-order chi connectivity index (χ0) is 24.8. The summed E-state index contributed by atoms with van der Waals surface area (Å²) in [7, 11) is 2.02. The van der Waals surface area contributed by atoms with Gasteiger partial charge in [0, 0.05) is 49.4 Å². The number of hydrogen-bond donors (Lipinski definition) is 2. The third-order valence-electron chi connectivity index (χ3n) is 6.02. The van der Waals surface area contributed by atoms with Crippen LogP contribution in [0, 0.1) is 13.8 Å². The molecule has 34 heavy (non-hydrogen) atoms. The summed E-state index contributed by atoms with van der Waals surface area (Å²) >= 11 is 0. The molecular weight excluding hydrogens is 428 g/mol. The average molecular weight is 465 g/mol. The van der Waals surface area contributed by atoms with Crippen molar-refractivity contribution in [3.63, 3.8) is 0 Å². The molecule has 3 aromatic rings. The van der Waals surface area contributed by atoms with Gasteiger partial charge in [-0.25, -0.2) is 4.98 Å². The van der Waals surface area contributed by atoms with E-state index in [2.05, 4.69) is 60.2 Å². The lowest BCUT2D eigenvalue weighted by Crippen LogP contribution is -2.29. The van der Waals surface area contributed by atoms with Gasteiger partial charge in [-0.3, -0.25) is 4.79 Å². The van der Waals surface area contributed by atoms with Crippen molar-refractivity contribution in [1.82, 2.24) is 20.4 Å². The largest absolute Gasteiger partial charge is 0.357 e. The minimum atomic E-state index is 0.0221. The molecule has 0 saturated carbocycles. The third kappa shape index (κ3) is 5.99. The van der Waals surface area contributed by atoms with Gasteiger partial charge in [0.05, 0.1) is 0 Å². The summed E-state index contributed by atoms with van der Waals surface area (Å²) in [6.07, 6.45) is 1.98. The quantitative estimate of drug-likeness (QED) is 0.469. The first kappa shape index (κ1) is 25.4. The first-order chi connectivity index (χ1) is 16.2. The molecule has 8 heteroatoms. The van der Waals surface area contributed by atoms with Gasteiger partial charge in [-0.15, -0.1) is 0 Å². The van der Waals surface area contributed by atoms with Crippen LogP contribution in [0.2, 0.25) is 0 Å². The molecule has 0 unspecified atom stereocenters. The lowest BCUT2D eigenvalue weighted by molar-refractivity contribution is -0.121. The van der Waals surface area contributed by atoms with Crippen LogP contribution in [0.5, 0.6) is 0 Å². The molecule has 2 aromatic heterocycles. The van der Waals surface area contributed by atoms with Crippen molar-refractivity contribution in [3.05, 3.63) is 46.6 Å². The van der Waals surface area contributed by atoms with Crippen LogP contribution >= 0.6 is 0 Å². The molecule has 0 fully saturated rings. The Balaban J connectivity index is 1.87. The highest BCUT2D eigenvalue weighted by Gasteiger charge is 2.17. The van der Waals surface area contributed by atoms with E-state index in [0.717, 1.165) is 34.6 Å².